The maximum absolute atomic E-state index is 11.6. The summed E-state index contributed by atoms with van der Waals surface area (Å²) in [5, 5.41) is 3.44. The summed E-state index contributed by atoms with van der Waals surface area (Å²) >= 11 is 0. The fraction of sp³-hybridized carbons (Fsp3) is 0.500. The van der Waals surface area contributed by atoms with E-state index in [1.807, 2.05) is 18.2 Å². The minimum absolute atomic E-state index is 0.221. The van der Waals surface area contributed by atoms with Gasteiger partial charge in [0.25, 0.3) is 0 Å². The molecule has 1 atom stereocenters. The molecule has 92 valence electrons. The smallest absolute Gasteiger partial charge is 0.338 e. The molecule has 2 rings (SSSR count). The van der Waals surface area contributed by atoms with Gasteiger partial charge in [-0.25, -0.2) is 4.79 Å². The van der Waals surface area contributed by atoms with Gasteiger partial charge in [0.05, 0.1) is 12.2 Å². The fourth-order valence-corrected chi connectivity index (χ4v) is 2.12. The number of ether oxygens (including phenoxy) is 1. The second-order valence-electron chi connectivity index (χ2n) is 4.44. The van der Waals surface area contributed by atoms with Crippen molar-refractivity contribution < 1.29 is 9.53 Å². The molecule has 0 saturated carbocycles. The van der Waals surface area contributed by atoms with Crippen LogP contribution < -0.4 is 5.32 Å². The zero-order valence-corrected chi connectivity index (χ0v) is 10.0. The van der Waals surface area contributed by atoms with E-state index < -0.39 is 0 Å². The van der Waals surface area contributed by atoms with Crippen LogP contribution in [0.4, 0.5) is 0 Å². The second-order valence-corrected chi connectivity index (χ2v) is 4.44. The van der Waals surface area contributed by atoms with Crippen LogP contribution in [0.25, 0.3) is 0 Å². The van der Waals surface area contributed by atoms with Gasteiger partial charge in [-0.1, -0.05) is 24.6 Å². The van der Waals surface area contributed by atoms with E-state index in [4.69, 9.17) is 4.74 Å². The fourth-order valence-electron chi connectivity index (χ4n) is 2.12. The van der Waals surface area contributed by atoms with Crippen molar-refractivity contribution in [2.24, 2.45) is 0 Å². The first-order valence-corrected chi connectivity index (χ1v) is 6.32. The van der Waals surface area contributed by atoms with E-state index in [1.165, 1.54) is 19.3 Å². The number of carbonyl (C=O) groups excluding carboxylic acids is 1. The number of piperidine rings is 1. The van der Waals surface area contributed by atoms with Crippen molar-refractivity contribution in [3.8, 4) is 0 Å². The van der Waals surface area contributed by atoms with Crippen LogP contribution in [0.1, 0.15) is 36.0 Å². The Morgan fingerprint density at radius 1 is 1.29 bits per heavy atom. The molecule has 1 N–H and O–H groups in total. The molecule has 0 unspecified atom stereocenters. The third-order valence-electron chi connectivity index (χ3n) is 3.12. The Labute approximate surface area is 102 Å². The summed E-state index contributed by atoms with van der Waals surface area (Å²) in [5.41, 5.74) is 0.629. The zero-order chi connectivity index (χ0) is 11.9. The number of nitrogens with one attached hydrogen (secondary N) is 1. The van der Waals surface area contributed by atoms with Crippen LogP contribution in [-0.4, -0.2) is 25.2 Å². The number of hydrogen-bond acceptors (Lipinski definition) is 3. The lowest BCUT2D eigenvalue weighted by molar-refractivity contribution is 0.0486. The monoisotopic (exact) mass is 233 g/mol. The summed E-state index contributed by atoms with van der Waals surface area (Å²) in [6.45, 7) is 1.60. The topological polar surface area (TPSA) is 38.3 Å². The first-order chi connectivity index (χ1) is 8.36. The lowest BCUT2D eigenvalue weighted by Crippen LogP contribution is -2.35. The number of rotatable bonds is 4. The van der Waals surface area contributed by atoms with Crippen LogP contribution >= 0.6 is 0 Å². The van der Waals surface area contributed by atoms with E-state index >= 15 is 0 Å². The van der Waals surface area contributed by atoms with Crippen molar-refractivity contribution in [3.05, 3.63) is 35.9 Å². The van der Waals surface area contributed by atoms with Crippen molar-refractivity contribution in [2.45, 2.75) is 31.7 Å². The first kappa shape index (κ1) is 12.1. The molecule has 1 heterocycles. The molecule has 0 bridgehead atoms. The maximum atomic E-state index is 11.6. The highest BCUT2D eigenvalue weighted by Crippen LogP contribution is 2.10. The maximum Gasteiger partial charge on any atom is 0.338 e. The highest BCUT2D eigenvalue weighted by molar-refractivity contribution is 5.89. The molecule has 1 aliphatic rings. The molecule has 0 aromatic heterocycles. The molecule has 0 amide bonds. The Morgan fingerprint density at radius 2 is 2.12 bits per heavy atom. The predicted molar refractivity (Wildman–Crippen MR) is 67.0 cm³/mol. The molecule has 0 radical (unpaired) electrons. The van der Waals surface area contributed by atoms with Crippen LogP contribution in [0.15, 0.2) is 30.3 Å². The molecular formula is C14H19NO2. The first-order valence-electron chi connectivity index (χ1n) is 6.32. The van der Waals surface area contributed by atoms with Gasteiger partial charge in [-0.3, -0.25) is 0 Å². The number of hydrogen-bond donors (Lipinski definition) is 1. The van der Waals surface area contributed by atoms with Gasteiger partial charge in [0.15, 0.2) is 0 Å². The van der Waals surface area contributed by atoms with Crippen LogP contribution in [-0.2, 0) is 4.74 Å². The average molecular weight is 233 g/mol. The third-order valence-corrected chi connectivity index (χ3v) is 3.12. The molecule has 1 aliphatic heterocycles. The highest BCUT2D eigenvalue weighted by atomic mass is 16.5. The Bertz CT molecular complexity index is 344. The summed E-state index contributed by atoms with van der Waals surface area (Å²) in [7, 11) is 0. The molecule has 1 saturated heterocycles. The van der Waals surface area contributed by atoms with E-state index in [2.05, 4.69) is 5.32 Å². The number of esters is 1. The average Bonchev–Trinajstić information content (AvgIpc) is 2.41. The van der Waals surface area contributed by atoms with Gasteiger partial charge in [0.2, 0.25) is 0 Å². The van der Waals surface area contributed by atoms with Gasteiger partial charge in [-0.15, -0.1) is 0 Å². The minimum atomic E-state index is -0.221. The van der Waals surface area contributed by atoms with Crippen molar-refractivity contribution in [3.63, 3.8) is 0 Å². The van der Waals surface area contributed by atoms with Crippen molar-refractivity contribution in [1.82, 2.24) is 5.32 Å². The second kappa shape index (κ2) is 6.40. The van der Waals surface area contributed by atoms with Gasteiger partial charge < -0.3 is 10.1 Å². The van der Waals surface area contributed by atoms with Gasteiger partial charge in [0, 0.05) is 6.04 Å². The van der Waals surface area contributed by atoms with Crippen LogP contribution in [0, 0.1) is 0 Å². The lowest BCUT2D eigenvalue weighted by Gasteiger charge is -2.23. The lowest BCUT2D eigenvalue weighted by atomic mass is 10.0. The summed E-state index contributed by atoms with van der Waals surface area (Å²) < 4.78 is 5.25. The van der Waals surface area contributed by atoms with Crippen molar-refractivity contribution in [1.29, 1.82) is 0 Å². The molecule has 1 aromatic carbocycles. The zero-order valence-electron chi connectivity index (χ0n) is 10.0. The SMILES string of the molecule is O=C(OCC[C@H]1CCCCN1)c1ccccc1. The Kier molecular flexibility index (Phi) is 4.56. The standard InChI is InChI=1S/C14H19NO2/c16-14(12-6-2-1-3-7-12)17-11-9-13-8-4-5-10-15-13/h1-3,6-7,13,15H,4-5,8-11H2/t13-/m1/s1. The highest BCUT2D eigenvalue weighted by Gasteiger charge is 2.13. The number of benzene rings is 1. The quantitative estimate of drug-likeness (QED) is 0.811. The van der Waals surface area contributed by atoms with E-state index in [-0.39, 0.29) is 5.97 Å². The van der Waals surface area contributed by atoms with E-state index in [9.17, 15) is 4.79 Å². The molecule has 0 aliphatic carbocycles. The molecule has 1 aromatic rings. The summed E-state index contributed by atoms with van der Waals surface area (Å²) in [6, 6.07) is 9.66. The summed E-state index contributed by atoms with van der Waals surface area (Å²) in [4.78, 5) is 11.6. The van der Waals surface area contributed by atoms with Crippen molar-refractivity contribution >= 4 is 5.97 Å². The predicted octanol–water partition coefficient (Wildman–Crippen LogP) is 2.38. The molecule has 3 nitrogen and oxygen atoms in total. The van der Waals surface area contributed by atoms with Gasteiger partial charge in [0.1, 0.15) is 0 Å². The summed E-state index contributed by atoms with van der Waals surface area (Å²) in [6.07, 6.45) is 4.66. The van der Waals surface area contributed by atoms with Gasteiger partial charge >= 0.3 is 5.97 Å². The normalized spacial score (nSPS) is 19.9. The molecule has 1 fully saturated rings. The summed E-state index contributed by atoms with van der Waals surface area (Å²) in [5.74, 6) is -0.221. The van der Waals surface area contributed by atoms with Crippen LogP contribution in [0.2, 0.25) is 0 Å². The van der Waals surface area contributed by atoms with E-state index in [1.54, 1.807) is 12.1 Å². The minimum Gasteiger partial charge on any atom is -0.462 e. The van der Waals surface area contributed by atoms with Crippen LogP contribution in [0.3, 0.4) is 0 Å². The molecule has 3 heteroatoms. The molecule has 0 spiro atoms. The third kappa shape index (κ3) is 3.86. The Balaban J connectivity index is 1.69. The van der Waals surface area contributed by atoms with E-state index in [0.717, 1.165) is 13.0 Å². The molecular weight excluding hydrogens is 214 g/mol. The largest absolute Gasteiger partial charge is 0.462 e. The Morgan fingerprint density at radius 3 is 2.82 bits per heavy atom. The Hall–Kier alpha value is -1.35. The number of carbonyl (C=O) groups is 1. The van der Waals surface area contributed by atoms with Crippen molar-refractivity contribution in [2.75, 3.05) is 13.2 Å². The van der Waals surface area contributed by atoms with Crippen LogP contribution in [0.5, 0.6) is 0 Å². The molecule has 17 heavy (non-hydrogen) atoms. The van der Waals surface area contributed by atoms with Gasteiger partial charge in [-0.2, -0.15) is 0 Å². The van der Waals surface area contributed by atoms with E-state index in [0.29, 0.717) is 18.2 Å². The van der Waals surface area contributed by atoms with Gasteiger partial charge in [-0.05, 0) is 37.9 Å².